The number of hydroxylamine groups is 2. The van der Waals surface area contributed by atoms with E-state index in [4.69, 9.17) is 14.0 Å². The van der Waals surface area contributed by atoms with Crippen molar-refractivity contribution in [2.24, 2.45) is 0 Å². The van der Waals surface area contributed by atoms with E-state index in [1.54, 1.807) is 0 Å². The molecule has 1 aliphatic heterocycles. The Morgan fingerprint density at radius 1 is 1.28 bits per heavy atom. The van der Waals surface area contributed by atoms with Gasteiger partial charge in [-0.3, -0.25) is 4.84 Å². The molecule has 0 aromatic heterocycles. The highest BCUT2D eigenvalue weighted by molar-refractivity contribution is 6.74. The first-order valence-corrected chi connectivity index (χ1v) is 11.8. The molecule has 144 valence electrons. The van der Waals surface area contributed by atoms with E-state index in [0.717, 1.165) is 11.1 Å². The number of hydrogen-bond acceptors (Lipinski definition) is 4. The van der Waals surface area contributed by atoms with Gasteiger partial charge < -0.3 is 9.16 Å². The molecule has 0 N–H and O–H groups in total. The molecule has 1 rings (SSSR count). The minimum Gasteiger partial charge on any atom is -0.442 e. The average Bonchev–Trinajstić information content (AvgIpc) is 2.67. The number of carbonyl (C=O) groups is 1. The molecule has 1 aliphatic rings. The van der Waals surface area contributed by atoms with Crippen LogP contribution in [0.25, 0.3) is 0 Å². The second kappa shape index (κ2) is 8.06. The summed E-state index contributed by atoms with van der Waals surface area (Å²) in [5, 5.41) is 1.45. The van der Waals surface area contributed by atoms with E-state index in [0.29, 0.717) is 26.2 Å². The topological polar surface area (TPSA) is 48.0 Å². The first-order valence-electron chi connectivity index (χ1n) is 8.87. The fourth-order valence-electron chi connectivity index (χ4n) is 1.91. The summed E-state index contributed by atoms with van der Waals surface area (Å²) in [5.41, 5.74) is 1.37. The van der Waals surface area contributed by atoms with Gasteiger partial charge in [-0.2, -0.15) is 5.06 Å². The fourth-order valence-corrected chi connectivity index (χ4v) is 2.88. The summed E-state index contributed by atoms with van der Waals surface area (Å²) < 4.78 is 11.6. The summed E-state index contributed by atoms with van der Waals surface area (Å²) in [6.07, 6.45) is 2.32. The molecule has 6 heteroatoms. The average molecular weight is 370 g/mol. The van der Waals surface area contributed by atoms with Gasteiger partial charge in [0.15, 0.2) is 8.32 Å². The van der Waals surface area contributed by atoms with Gasteiger partial charge in [-0.25, -0.2) is 4.79 Å². The molecule has 25 heavy (non-hydrogen) atoms. The van der Waals surface area contributed by atoms with Gasteiger partial charge in [0.1, 0.15) is 12.2 Å². The van der Waals surface area contributed by atoms with Crippen molar-refractivity contribution in [2.45, 2.75) is 71.7 Å². The molecule has 1 heterocycles. The summed E-state index contributed by atoms with van der Waals surface area (Å²) in [6, 6.07) is 0. The second-order valence-electron chi connectivity index (χ2n) is 9.03. The van der Waals surface area contributed by atoms with Crippen LogP contribution < -0.4 is 0 Å². The highest BCUT2D eigenvalue weighted by atomic mass is 28.4. The Morgan fingerprint density at radius 3 is 2.40 bits per heavy atom. The lowest BCUT2D eigenvalue weighted by molar-refractivity contribution is -0.136. The minimum absolute atomic E-state index is 0.162. The Morgan fingerprint density at radius 2 is 1.88 bits per heavy atom. The Bertz CT molecular complexity index is 527. The van der Waals surface area contributed by atoms with Crippen molar-refractivity contribution in [1.82, 2.24) is 5.06 Å². The lowest BCUT2D eigenvalue weighted by Crippen LogP contribution is -2.41. The predicted molar refractivity (Wildman–Crippen MR) is 104 cm³/mol. The summed E-state index contributed by atoms with van der Waals surface area (Å²) in [7, 11) is -1.82. The van der Waals surface area contributed by atoms with Crippen LogP contribution >= 0.6 is 0 Å². The summed E-state index contributed by atoms with van der Waals surface area (Å²) in [4.78, 5) is 17.8. The SMILES string of the molecule is C=C(CO[Si](C)(C)C(C)(C)C)C1=CCCN(C(=O)OC(C)(C)C)OC1. The van der Waals surface area contributed by atoms with Gasteiger partial charge >= 0.3 is 6.09 Å². The molecule has 0 saturated heterocycles. The van der Waals surface area contributed by atoms with E-state index in [1.165, 1.54) is 5.06 Å². The lowest BCUT2D eigenvalue weighted by Gasteiger charge is -2.36. The molecule has 0 saturated carbocycles. The monoisotopic (exact) mass is 369 g/mol. The van der Waals surface area contributed by atoms with Crippen LogP contribution in [-0.4, -0.2) is 44.8 Å². The molecule has 0 radical (unpaired) electrons. The van der Waals surface area contributed by atoms with Crippen LogP contribution in [0.5, 0.6) is 0 Å². The third-order valence-electron chi connectivity index (χ3n) is 4.56. The van der Waals surface area contributed by atoms with E-state index < -0.39 is 20.0 Å². The van der Waals surface area contributed by atoms with Crippen molar-refractivity contribution < 1.29 is 18.8 Å². The molecule has 0 fully saturated rings. The maximum atomic E-state index is 12.1. The Kier molecular flexibility index (Phi) is 7.07. The Hall–Kier alpha value is -1.11. The van der Waals surface area contributed by atoms with Gasteiger partial charge in [0.2, 0.25) is 0 Å². The molecule has 0 aromatic rings. The molecule has 0 spiro atoms. The van der Waals surface area contributed by atoms with Gasteiger partial charge in [-0.15, -0.1) is 0 Å². The van der Waals surface area contributed by atoms with E-state index in [9.17, 15) is 4.79 Å². The molecule has 0 unspecified atom stereocenters. The van der Waals surface area contributed by atoms with Crippen molar-refractivity contribution in [3.63, 3.8) is 0 Å². The van der Waals surface area contributed by atoms with E-state index >= 15 is 0 Å². The zero-order valence-corrected chi connectivity index (χ0v) is 18.2. The smallest absolute Gasteiger partial charge is 0.434 e. The van der Waals surface area contributed by atoms with Gasteiger partial charge in [-0.05, 0) is 56.5 Å². The Labute approximate surface area is 154 Å². The van der Waals surface area contributed by atoms with Gasteiger partial charge in [0.25, 0.3) is 0 Å². The molecular weight excluding hydrogens is 334 g/mol. The maximum absolute atomic E-state index is 12.1. The standard InChI is InChI=1S/C19H35NO4Si/c1-15(13-23-25(8,9)19(5,6)7)16-11-10-12-20(22-14-16)17(21)24-18(2,3)4/h11H,1,10,12-14H2,2-9H3. The number of carbonyl (C=O) groups excluding carboxylic acids is 1. The minimum atomic E-state index is -1.82. The number of amides is 1. The quantitative estimate of drug-likeness (QED) is 0.650. The summed E-state index contributed by atoms with van der Waals surface area (Å²) in [6.45, 7) is 22.0. The van der Waals surface area contributed by atoms with Crippen LogP contribution in [0.3, 0.4) is 0 Å². The Balaban J connectivity index is 2.58. The zero-order chi connectivity index (χ0) is 19.5. The van der Waals surface area contributed by atoms with Crippen LogP contribution in [0.1, 0.15) is 48.0 Å². The van der Waals surface area contributed by atoms with Crippen molar-refractivity contribution in [2.75, 3.05) is 19.8 Å². The normalized spacial score (nSPS) is 17.0. The number of rotatable bonds is 4. The second-order valence-corrected chi connectivity index (χ2v) is 13.8. The van der Waals surface area contributed by atoms with Crippen LogP contribution in [0.2, 0.25) is 18.1 Å². The van der Waals surface area contributed by atoms with Crippen molar-refractivity contribution in [3.05, 3.63) is 23.8 Å². The third kappa shape index (κ3) is 6.96. The van der Waals surface area contributed by atoms with Crippen LogP contribution in [0.15, 0.2) is 23.8 Å². The molecule has 5 nitrogen and oxygen atoms in total. The third-order valence-corrected chi connectivity index (χ3v) is 9.04. The lowest BCUT2D eigenvalue weighted by atomic mass is 10.1. The van der Waals surface area contributed by atoms with Gasteiger partial charge in [-0.1, -0.05) is 33.4 Å². The number of hydrogen-bond donors (Lipinski definition) is 0. The van der Waals surface area contributed by atoms with E-state index in [2.05, 4.69) is 46.5 Å². The molecule has 1 amide bonds. The molecular formula is C19H35NO4Si. The van der Waals surface area contributed by atoms with E-state index in [-0.39, 0.29) is 5.04 Å². The summed E-state index contributed by atoms with van der Waals surface area (Å²) in [5.74, 6) is 0. The van der Waals surface area contributed by atoms with Crippen LogP contribution in [0, 0.1) is 0 Å². The molecule has 0 aliphatic carbocycles. The van der Waals surface area contributed by atoms with E-state index in [1.807, 2.05) is 20.8 Å². The van der Waals surface area contributed by atoms with Crippen molar-refractivity contribution >= 4 is 14.4 Å². The zero-order valence-electron chi connectivity index (χ0n) is 17.2. The van der Waals surface area contributed by atoms with Gasteiger partial charge in [0.05, 0.1) is 13.2 Å². The van der Waals surface area contributed by atoms with Crippen molar-refractivity contribution in [3.8, 4) is 0 Å². The summed E-state index contributed by atoms with van der Waals surface area (Å²) >= 11 is 0. The maximum Gasteiger partial charge on any atom is 0.434 e. The number of nitrogens with zero attached hydrogens (tertiary/aromatic N) is 1. The first kappa shape index (κ1) is 21.9. The van der Waals surface area contributed by atoms with Gasteiger partial charge in [0, 0.05) is 0 Å². The highest BCUT2D eigenvalue weighted by Gasteiger charge is 2.37. The largest absolute Gasteiger partial charge is 0.442 e. The molecule has 0 bridgehead atoms. The predicted octanol–water partition coefficient (Wildman–Crippen LogP) is 5.06. The fraction of sp³-hybridized carbons (Fsp3) is 0.737. The first-order chi connectivity index (χ1) is 11.2. The highest BCUT2D eigenvalue weighted by Crippen LogP contribution is 2.37. The molecule has 0 aromatic carbocycles. The van der Waals surface area contributed by atoms with Crippen LogP contribution in [-0.2, 0) is 14.0 Å². The van der Waals surface area contributed by atoms with Crippen LogP contribution in [0.4, 0.5) is 4.79 Å². The molecule has 0 atom stereocenters. The van der Waals surface area contributed by atoms with Crippen molar-refractivity contribution in [1.29, 1.82) is 0 Å². The number of ether oxygens (including phenoxy) is 1.